The molecular weight excluding hydrogens is 206 g/mol. The van der Waals surface area contributed by atoms with E-state index in [1.54, 1.807) is 0 Å². The number of benzene rings is 1. The van der Waals surface area contributed by atoms with E-state index in [0.717, 1.165) is 11.3 Å². The minimum Gasteiger partial charge on any atom is -0.491 e. The SMILES string of the molecule is NCCOCCOc1ccc(CCO)cc1. The molecule has 4 heteroatoms. The fourth-order valence-electron chi connectivity index (χ4n) is 1.29. The zero-order valence-corrected chi connectivity index (χ0v) is 9.39. The van der Waals surface area contributed by atoms with Gasteiger partial charge in [-0.1, -0.05) is 12.1 Å². The summed E-state index contributed by atoms with van der Waals surface area (Å²) in [7, 11) is 0. The van der Waals surface area contributed by atoms with Crippen LogP contribution in [-0.4, -0.2) is 38.1 Å². The van der Waals surface area contributed by atoms with Crippen molar-refractivity contribution >= 4 is 0 Å². The molecule has 0 amide bonds. The topological polar surface area (TPSA) is 64.7 Å². The second-order valence-electron chi connectivity index (χ2n) is 3.37. The summed E-state index contributed by atoms with van der Waals surface area (Å²) in [6.07, 6.45) is 0.680. The van der Waals surface area contributed by atoms with E-state index in [1.165, 1.54) is 0 Å². The van der Waals surface area contributed by atoms with Crippen LogP contribution in [0.25, 0.3) is 0 Å². The van der Waals surface area contributed by atoms with Crippen LogP contribution < -0.4 is 10.5 Å². The van der Waals surface area contributed by atoms with E-state index in [2.05, 4.69) is 0 Å². The normalized spacial score (nSPS) is 10.4. The quantitative estimate of drug-likeness (QED) is 0.635. The Balaban J connectivity index is 2.21. The van der Waals surface area contributed by atoms with E-state index < -0.39 is 0 Å². The average molecular weight is 225 g/mol. The molecule has 0 aliphatic rings. The summed E-state index contributed by atoms with van der Waals surface area (Å²) in [6.45, 7) is 2.36. The lowest BCUT2D eigenvalue weighted by Crippen LogP contribution is -2.13. The van der Waals surface area contributed by atoms with Crippen LogP contribution in [0.1, 0.15) is 5.56 Å². The lowest BCUT2D eigenvalue weighted by Gasteiger charge is -2.07. The molecule has 0 radical (unpaired) electrons. The first-order valence-corrected chi connectivity index (χ1v) is 5.47. The summed E-state index contributed by atoms with van der Waals surface area (Å²) < 4.78 is 10.6. The molecule has 0 aliphatic heterocycles. The van der Waals surface area contributed by atoms with Crippen molar-refractivity contribution in [2.45, 2.75) is 6.42 Å². The van der Waals surface area contributed by atoms with E-state index in [-0.39, 0.29) is 6.61 Å². The predicted octanol–water partition coefficient (Wildman–Crippen LogP) is 0.575. The molecule has 90 valence electrons. The summed E-state index contributed by atoms with van der Waals surface area (Å²) >= 11 is 0. The molecular formula is C12H19NO3. The van der Waals surface area contributed by atoms with E-state index in [9.17, 15) is 0 Å². The Labute approximate surface area is 96.0 Å². The van der Waals surface area contributed by atoms with E-state index in [1.807, 2.05) is 24.3 Å². The van der Waals surface area contributed by atoms with E-state index >= 15 is 0 Å². The van der Waals surface area contributed by atoms with Gasteiger partial charge in [0.2, 0.25) is 0 Å². The van der Waals surface area contributed by atoms with Crippen LogP contribution in [0.15, 0.2) is 24.3 Å². The Hall–Kier alpha value is -1.10. The molecule has 0 aromatic heterocycles. The minimum atomic E-state index is 0.174. The van der Waals surface area contributed by atoms with Crippen molar-refractivity contribution in [2.75, 3.05) is 33.0 Å². The first-order valence-electron chi connectivity index (χ1n) is 5.47. The monoisotopic (exact) mass is 225 g/mol. The van der Waals surface area contributed by atoms with Gasteiger partial charge in [0.1, 0.15) is 12.4 Å². The molecule has 0 heterocycles. The molecule has 0 spiro atoms. The Morgan fingerprint density at radius 2 is 1.81 bits per heavy atom. The largest absolute Gasteiger partial charge is 0.491 e. The van der Waals surface area contributed by atoms with Gasteiger partial charge in [0.05, 0.1) is 13.2 Å². The third kappa shape index (κ3) is 5.11. The number of nitrogens with two attached hydrogens (primary N) is 1. The molecule has 0 aliphatic carbocycles. The Morgan fingerprint density at radius 1 is 1.06 bits per heavy atom. The van der Waals surface area contributed by atoms with Crippen molar-refractivity contribution in [1.82, 2.24) is 0 Å². The van der Waals surface area contributed by atoms with Gasteiger partial charge in [-0.05, 0) is 24.1 Å². The predicted molar refractivity (Wildman–Crippen MR) is 62.6 cm³/mol. The summed E-state index contributed by atoms with van der Waals surface area (Å²) in [6, 6.07) is 7.69. The van der Waals surface area contributed by atoms with Crippen LogP contribution in [0.3, 0.4) is 0 Å². The molecule has 0 unspecified atom stereocenters. The fourth-order valence-corrected chi connectivity index (χ4v) is 1.29. The molecule has 4 nitrogen and oxygen atoms in total. The second kappa shape index (κ2) is 8.10. The van der Waals surface area contributed by atoms with Gasteiger partial charge in [-0.3, -0.25) is 0 Å². The minimum absolute atomic E-state index is 0.174. The van der Waals surface area contributed by atoms with Gasteiger partial charge in [0.25, 0.3) is 0 Å². The van der Waals surface area contributed by atoms with E-state index in [4.69, 9.17) is 20.3 Å². The van der Waals surface area contributed by atoms with Crippen molar-refractivity contribution < 1.29 is 14.6 Å². The molecule has 3 N–H and O–H groups in total. The number of aliphatic hydroxyl groups is 1. The molecule has 1 rings (SSSR count). The van der Waals surface area contributed by atoms with Crippen LogP contribution in [0.5, 0.6) is 5.75 Å². The van der Waals surface area contributed by atoms with Gasteiger partial charge in [0, 0.05) is 13.2 Å². The zero-order valence-electron chi connectivity index (χ0n) is 9.39. The van der Waals surface area contributed by atoms with Gasteiger partial charge < -0.3 is 20.3 Å². The Morgan fingerprint density at radius 3 is 2.44 bits per heavy atom. The maximum absolute atomic E-state index is 8.75. The highest BCUT2D eigenvalue weighted by Crippen LogP contribution is 2.12. The van der Waals surface area contributed by atoms with Crippen LogP contribution in [0.2, 0.25) is 0 Å². The summed E-state index contributed by atoms with van der Waals surface area (Å²) in [5.41, 5.74) is 6.39. The molecule has 0 bridgehead atoms. The average Bonchev–Trinajstić information content (AvgIpc) is 2.31. The molecule has 1 aromatic carbocycles. The highest BCUT2D eigenvalue weighted by atomic mass is 16.5. The molecule has 0 saturated heterocycles. The highest BCUT2D eigenvalue weighted by Gasteiger charge is 1.95. The molecule has 0 fully saturated rings. The molecule has 16 heavy (non-hydrogen) atoms. The fraction of sp³-hybridized carbons (Fsp3) is 0.500. The molecule has 0 atom stereocenters. The summed E-state index contributed by atoms with van der Waals surface area (Å²) in [4.78, 5) is 0. The Kier molecular flexibility index (Phi) is 6.56. The first kappa shape index (κ1) is 13.0. The van der Waals surface area contributed by atoms with E-state index in [0.29, 0.717) is 32.8 Å². The van der Waals surface area contributed by atoms with Crippen molar-refractivity contribution in [3.05, 3.63) is 29.8 Å². The molecule has 0 saturated carbocycles. The van der Waals surface area contributed by atoms with Gasteiger partial charge in [-0.15, -0.1) is 0 Å². The molecule has 1 aromatic rings. The van der Waals surface area contributed by atoms with Gasteiger partial charge in [0.15, 0.2) is 0 Å². The zero-order chi connectivity index (χ0) is 11.6. The first-order chi connectivity index (χ1) is 7.86. The van der Waals surface area contributed by atoms with Crippen molar-refractivity contribution in [3.63, 3.8) is 0 Å². The highest BCUT2D eigenvalue weighted by molar-refractivity contribution is 5.27. The van der Waals surface area contributed by atoms with Crippen molar-refractivity contribution in [1.29, 1.82) is 0 Å². The van der Waals surface area contributed by atoms with Crippen LogP contribution in [-0.2, 0) is 11.2 Å². The van der Waals surface area contributed by atoms with Crippen LogP contribution in [0.4, 0.5) is 0 Å². The number of aliphatic hydroxyl groups excluding tert-OH is 1. The van der Waals surface area contributed by atoms with Gasteiger partial charge >= 0.3 is 0 Å². The maximum Gasteiger partial charge on any atom is 0.119 e. The third-order valence-electron chi connectivity index (χ3n) is 2.08. The maximum atomic E-state index is 8.75. The summed E-state index contributed by atoms with van der Waals surface area (Å²) in [5.74, 6) is 0.818. The van der Waals surface area contributed by atoms with Crippen LogP contribution >= 0.6 is 0 Å². The number of hydrogen-bond acceptors (Lipinski definition) is 4. The van der Waals surface area contributed by atoms with Crippen molar-refractivity contribution in [3.8, 4) is 5.75 Å². The number of rotatable bonds is 8. The van der Waals surface area contributed by atoms with Crippen LogP contribution in [0, 0.1) is 0 Å². The van der Waals surface area contributed by atoms with Crippen molar-refractivity contribution in [2.24, 2.45) is 5.73 Å². The smallest absolute Gasteiger partial charge is 0.119 e. The number of ether oxygens (including phenoxy) is 2. The summed E-state index contributed by atoms with van der Waals surface area (Å²) in [5, 5.41) is 8.75. The third-order valence-corrected chi connectivity index (χ3v) is 2.08. The lowest BCUT2D eigenvalue weighted by molar-refractivity contribution is 0.106. The van der Waals surface area contributed by atoms with Gasteiger partial charge in [-0.25, -0.2) is 0 Å². The Bertz CT molecular complexity index is 274. The van der Waals surface area contributed by atoms with Gasteiger partial charge in [-0.2, -0.15) is 0 Å². The number of hydrogen-bond donors (Lipinski definition) is 2. The second-order valence-corrected chi connectivity index (χ2v) is 3.37. The lowest BCUT2D eigenvalue weighted by atomic mass is 10.1. The standard InChI is InChI=1S/C12H19NO3/c13-6-8-15-9-10-16-12-3-1-11(2-4-12)5-7-14/h1-4,14H,5-10,13H2.